The van der Waals surface area contributed by atoms with Crippen LogP contribution < -0.4 is 14.4 Å². The van der Waals surface area contributed by atoms with Crippen LogP contribution in [0.4, 0.5) is 32.0 Å². The molecular formula is C32H29F6N3O3S. The summed E-state index contributed by atoms with van der Waals surface area (Å²) in [6, 6.07) is 12.4. The van der Waals surface area contributed by atoms with Crippen LogP contribution in [0.3, 0.4) is 0 Å². The van der Waals surface area contributed by atoms with Gasteiger partial charge in [-0.25, -0.2) is 0 Å². The van der Waals surface area contributed by atoms with Gasteiger partial charge in [-0.05, 0) is 73.1 Å². The number of piperazine rings is 1. The van der Waals surface area contributed by atoms with E-state index in [0.717, 1.165) is 19.2 Å². The molecule has 0 bridgehead atoms. The molecule has 1 fully saturated rings. The molecule has 0 aromatic heterocycles. The summed E-state index contributed by atoms with van der Waals surface area (Å²) in [5.74, 6) is -0.131. The zero-order chi connectivity index (χ0) is 32.5. The Kier molecular flexibility index (Phi) is 9.11. The number of halogens is 6. The number of carbonyl (C=O) groups excluding carboxylic acids is 1. The SMILES string of the molecule is COc1cc(/C=C2\SC(N3CCN(c4ccc(C)cc4C)CC3)=NC2=O)ccc1OCc1ccc(C(F)(F)F)cc1C(F)(F)F. The highest BCUT2D eigenvalue weighted by atomic mass is 32.2. The van der Waals surface area contributed by atoms with E-state index in [1.807, 2.05) is 0 Å². The topological polar surface area (TPSA) is 54.4 Å². The molecule has 1 saturated heterocycles. The molecule has 0 radical (unpaired) electrons. The van der Waals surface area contributed by atoms with E-state index < -0.39 is 35.6 Å². The number of anilines is 1. The molecule has 238 valence electrons. The number of hydrogen-bond acceptors (Lipinski definition) is 6. The van der Waals surface area contributed by atoms with Gasteiger partial charge in [-0.1, -0.05) is 29.8 Å². The van der Waals surface area contributed by atoms with Crippen LogP contribution >= 0.6 is 11.8 Å². The highest BCUT2D eigenvalue weighted by molar-refractivity contribution is 8.18. The van der Waals surface area contributed by atoms with Crippen molar-refractivity contribution in [3.63, 3.8) is 0 Å². The summed E-state index contributed by atoms with van der Waals surface area (Å²) < 4.78 is 90.5. The second-order valence-electron chi connectivity index (χ2n) is 10.6. The Morgan fingerprint density at radius 1 is 0.867 bits per heavy atom. The lowest BCUT2D eigenvalue weighted by Crippen LogP contribution is -2.48. The Balaban J connectivity index is 1.24. The van der Waals surface area contributed by atoms with Gasteiger partial charge in [-0.2, -0.15) is 31.3 Å². The van der Waals surface area contributed by atoms with Crippen molar-refractivity contribution in [2.75, 3.05) is 38.2 Å². The van der Waals surface area contributed by atoms with Gasteiger partial charge in [0.1, 0.15) is 6.61 Å². The van der Waals surface area contributed by atoms with Crippen LogP contribution in [0.1, 0.15) is 33.4 Å². The van der Waals surface area contributed by atoms with E-state index in [1.54, 1.807) is 18.2 Å². The molecule has 2 aliphatic heterocycles. The van der Waals surface area contributed by atoms with Gasteiger partial charge in [-0.15, -0.1) is 0 Å². The van der Waals surface area contributed by atoms with Gasteiger partial charge >= 0.3 is 12.4 Å². The largest absolute Gasteiger partial charge is 0.493 e. The number of aliphatic imine (C=N–C) groups is 1. The van der Waals surface area contributed by atoms with Crippen LogP contribution in [0.5, 0.6) is 11.5 Å². The average molecular weight is 650 g/mol. The number of carbonyl (C=O) groups is 1. The van der Waals surface area contributed by atoms with Crippen LogP contribution in [0, 0.1) is 13.8 Å². The van der Waals surface area contributed by atoms with Crippen molar-refractivity contribution >= 4 is 34.6 Å². The van der Waals surface area contributed by atoms with Crippen LogP contribution in [0.2, 0.25) is 0 Å². The van der Waals surface area contributed by atoms with Gasteiger partial charge in [0.05, 0.1) is 23.1 Å². The number of aryl methyl sites for hydroxylation is 2. The number of benzene rings is 3. The first kappa shape index (κ1) is 32.3. The highest BCUT2D eigenvalue weighted by Crippen LogP contribution is 2.39. The molecule has 2 heterocycles. The molecule has 3 aromatic carbocycles. The maximum Gasteiger partial charge on any atom is 0.416 e. The van der Waals surface area contributed by atoms with E-state index >= 15 is 0 Å². The molecule has 2 aliphatic rings. The predicted molar refractivity (Wildman–Crippen MR) is 161 cm³/mol. The van der Waals surface area contributed by atoms with Crippen LogP contribution in [-0.4, -0.2) is 49.3 Å². The van der Waals surface area contributed by atoms with Crippen molar-refractivity contribution in [3.05, 3.63) is 92.9 Å². The van der Waals surface area contributed by atoms with E-state index in [9.17, 15) is 31.1 Å². The van der Waals surface area contributed by atoms with Gasteiger partial charge in [0, 0.05) is 37.4 Å². The normalized spacial score (nSPS) is 16.8. The Morgan fingerprint density at radius 2 is 1.58 bits per heavy atom. The quantitative estimate of drug-likeness (QED) is 0.201. The van der Waals surface area contributed by atoms with Crippen LogP contribution in [0.25, 0.3) is 6.08 Å². The minimum atomic E-state index is -5.01. The van der Waals surface area contributed by atoms with Crippen molar-refractivity contribution in [2.24, 2.45) is 4.99 Å². The molecule has 1 amide bonds. The lowest BCUT2D eigenvalue weighted by atomic mass is 10.0. The third-order valence-corrected chi connectivity index (χ3v) is 8.51. The number of methoxy groups -OCH3 is 1. The Hall–Kier alpha value is -4.13. The summed E-state index contributed by atoms with van der Waals surface area (Å²) in [6.45, 7) is 6.49. The Labute approximate surface area is 260 Å². The maximum atomic E-state index is 13.5. The molecule has 0 unspecified atom stereocenters. The second-order valence-corrected chi connectivity index (χ2v) is 11.6. The standard InChI is InChI=1S/C32H29F6N3O3S/c1-19-4-8-25(20(2)14-19)40-10-12-41(13-11-40)30-39-29(42)28(45-30)16-21-5-9-26(27(15-21)43-3)44-18-22-6-7-23(31(33,34)35)17-24(22)32(36,37)38/h4-9,14-17H,10-13,18H2,1-3H3/b28-16-. The molecule has 0 N–H and O–H groups in total. The van der Waals surface area contributed by atoms with E-state index in [1.165, 1.54) is 41.8 Å². The van der Waals surface area contributed by atoms with Crippen molar-refractivity contribution in [1.82, 2.24) is 4.90 Å². The van der Waals surface area contributed by atoms with E-state index in [2.05, 4.69) is 46.8 Å². The number of rotatable bonds is 6. The number of hydrogen-bond donors (Lipinski definition) is 0. The fraction of sp³-hybridized carbons (Fsp3) is 0.312. The predicted octanol–water partition coefficient (Wildman–Crippen LogP) is 7.72. The number of alkyl halides is 6. The van der Waals surface area contributed by atoms with Crippen molar-refractivity contribution in [1.29, 1.82) is 0 Å². The third-order valence-electron chi connectivity index (χ3n) is 7.46. The molecule has 6 nitrogen and oxygen atoms in total. The molecule has 3 aromatic rings. The van der Waals surface area contributed by atoms with Crippen molar-refractivity contribution < 1.29 is 40.6 Å². The van der Waals surface area contributed by atoms with Gasteiger partial charge < -0.3 is 19.3 Å². The molecule has 45 heavy (non-hydrogen) atoms. The molecule has 0 atom stereocenters. The summed E-state index contributed by atoms with van der Waals surface area (Å²) in [5.41, 5.74) is 0.889. The highest BCUT2D eigenvalue weighted by Gasteiger charge is 2.38. The molecule has 13 heteroatoms. The summed E-state index contributed by atoms with van der Waals surface area (Å²) in [6.07, 6.45) is -8.30. The van der Waals surface area contributed by atoms with Crippen molar-refractivity contribution in [3.8, 4) is 11.5 Å². The molecule has 0 aliphatic carbocycles. The van der Waals surface area contributed by atoms with E-state index in [-0.39, 0.29) is 23.5 Å². The smallest absolute Gasteiger partial charge is 0.416 e. The first-order chi connectivity index (χ1) is 21.2. The Morgan fingerprint density at radius 3 is 2.22 bits per heavy atom. The average Bonchev–Trinajstić information content (AvgIpc) is 3.35. The van der Waals surface area contributed by atoms with Gasteiger partial charge in [0.2, 0.25) is 0 Å². The lowest BCUT2D eigenvalue weighted by Gasteiger charge is -2.37. The number of amides is 1. The third kappa shape index (κ3) is 7.41. The second kappa shape index (κ2) is 12.7. The van der Waals surface area contributed by atoms with Crippen LogP contribution in [-0.2, 0) is 23.8 Å². The minimum absolute atomic E-state index is 0.0721. The summed E-state index contributed by atoms with van der Waals surface area (Å²) in [4.78, 5) is 21.8. The number of nitrogens with zero attached hydrogens (tertiary/aromatic N) is 3. The van der Waals surface area contributed by atoms with E-state index in [4.69, 9.17) is 9.47 Å². The van der Waals surface area contributed by atoms with E-state index in [0.29, 0.717) is 34.8 Å². The van der Waals surface area contributed by atoms with Crippen LogP contribution in [0.15, 0.2) is 64.5 Å². The summed E-state index contributed by atoms with van der Waals surface area (Å²) in [7, 11) is 1.34. The fourth-order valence-corrected chi connectivity index (χ4v) is 6.14. The summed E-state index contributed by atoms with van der Waals surface area (Å²) >= 11 is 1.26. The van der Waals surface area contributed by atoms with Gasteiger partial charge in [0.25, 0.3) is 5.91 Å². The maximum absolute atomic E-state index is 13.5. The molecular weight excluding hydrogens is 620 g/mol. The molecule has 0 spiro atoms. The zero-order valence-electron chi connectivity index (χ0n) is 24.6. The monoisotopic (exact) mass is 649 g/mol. The minimum Gasteiger partial charge on any atom is -0.493 e. The lowest BCUT2D eigenvalue weighted by molar-refractivity contribution is -0.143. The first-order valence-corrected chi connectivity index (χ1v) is 14.7. The molecule has 0 saturated carbocycles. The van der Waals surface area contributed by atoms with Crippen molar-refractivity contribution in [2.45, 2.75) is 32.8 Å². The summed E-state index contributed by atoms with van der Waals surface area (Å²) in [5, 5.41) is 0.621. The van der Waals surface area contributed by atoms with Gasteiger partial charge in [-0.3, -0.25) is 4.79 Å². The first-order valence-electron chi connectivity index (χ1n) is 13.9. The Bertz CT molecular complexity index is 1660. The van der Waals surface area contributed by atoms with Gasteiger partial charge in [0.15, 0.2) is 16.7 Å². The number of amidine groups is 1. The zero-order valence-corrected chi connectivity index (χ0v) is 25.4. The number of ether oxygens (including phenoxy) is 2. The number of thioether (sulfide) groups is 1. The molecule has 5 rings (SSSR count). The fourth-order valence-electron chi connectivity index (χ4n) is 5.17.